The van der Waals surface area contributed by atoms with E-state index in [0.717, 1.165) is 12.8 Å². The highest BCUT2D eigenvalue weighted by atomic mass is 16.4. The van der Waals surface area contributed by atoms with Crippen molar-refractivity contribution in [2.45, 2.75) is 52.1 Å². The molecule has 0 saturated heterocycles. The van der Waals surface area contributed by atoms with Crippen molar-refractivity contribution in [3.8, 4) is 0 Å². The van der Waals surface area contributed by atoms with Crippen molar-refractivity contribution in [1.29, 1.82) is 0 Å². The van der Waals surface area contributed by atoms with Crippen molar-refractivity contribution >= 4 is 6.01 Å². The molecule has 5 heteroatoms. The molecule has 1 heterocycles. The van der Waals surface area contributed by atoms with Crippen LogP contribution >= 0.6 is 0 Å². The highest BCUT2D eigenvalue weighted by Gasteiger charge is 2.19. The Morgan fingerprint density at radius 3 is 2.60 bits per heavy atom. The molecule has 0 aromatic carbocycles. The Morgan fingerprint density at radius 1 is 1.47 bits per heavy atom. The third kappa shape index (κ3) is 3.51. The average molecular weight is 212 g/mol. The summed E-state index contributed by atoms with van der Waals surface area (Å²) in [5.41, 5.74) is 5.59. The minimum absolute atomic E-state index is 0.0314. The third-order valence-electron chi connectivity index (χ3n) is 2.15. The first kappa shape index (κ1) is 12.0. The summed E-state index contributed by atoms with van der Waals surface area (Å²) in [4.78, 5) is 0. The SMILES string of the molecule is CCCC(C)(C)Nc1nnc(C(C)N)o1. The smallest absolute Gasteiger partial charge is 0.315 e. The maximum absolute atomic E-state index is 5.63. The molecule has 15 heavy (non-hydrogen) atoms. The lowest BCUT2D eigenvalue weighted by Gasteiger charge is -2.24. The molecule has 5 nitrogen and oxygen atoms in total. The van der Waals surface area contributed by atoms with Crippen LogP contribution in [-0.4, -0.2) is 15.7 Å². The molecule has 1 atom stereocenters. The summed E-state index contributed by atoms with van der Waals surface area (Å²) in [6, 6.07) is 0.225. The fraction of sp³-hybridized carbons (Fsp3) is 0.800. The molecule has 0 spiro atoms. The summed E-state index contributed by atoms with van der Waals surface area (Å²) in [7, 11) is 0. The van der Waals surface area contributed by atoms with Crippen LogP contribution in [0.25, 0.3) is 0 Å². The molecule has 1 unspecified atom stereocenters. The Kier molecular flexibility index (Phi) is 3.68. The van der Waals surface area contributed by atoms with E-state index in [4.69, 9.17) is 10.2 Å². The van der Waals surface area contributed by atoms with Crippen molar-refractivity contribution in [2.24, 2.45) is 5.73 Å². The van der Waals surface area contributed by atoms with Crippen LogP contribution in [0.2, 0.25) is 0 Å². The molecule has 0 aliphatic rings. The summed E-state index contributed by atoms with van der Waals surface area (Å²) in [5.74, 6) is 0.463. The van der Waals surface area contributed by atoms with Gasteiger partial charge in [-0.3, -0.25) is 0 Å². The van der Waals surface area contributed by atoms with Crippen LogP contribution in [0.15, 0.2) is 4.42 Å². The van der Waals surface area contributed by atoms with Crippen LogP contribution < -0.4 is 11.1 Å². The van der Waals surface area contributed by atoms with Gasteiger partial charge in [0.05, 0.1) is 6.04 Å². The minimum atomic E-state index is -0.220. The lowest BCUT2D eigenvalue weighted by molar-refractivity contribution is 0.442. The van der Waals surface area contributed by atoms with Gasteiger partial charge in [-0.05, 0) is 27.2 Å². The molecule has 0 aliphatic heterocycles. The summed E-state index contributed by atoms with van der Waals surface area (Å²) in [6.07, 6.45) is 2.15. The number of anilines is 1. The topological polar surface area (TPSA) is 77.0 Å². The first-order valence-corrected chi connectivity index (χ1v) is 5.32. The van der Waals surface area contributed by atoms with Gasteiger partial charge in [-0.2, -0.15) is 0 Å². The van der Waals surface area contributed by atoms with Crippen LogP contribution in [0.5, 0.6) is 0 Å². The molecule has 0 aliphatic carbocycles. The fourth-order valence-corrected chi connectivity index (χ4v) is 1.45. The molecule has 0 radical (unpaired) electrons. The number of nitrogens with zero attached hydrogens (tertiary/aromatic N) is 2. The van der Waals surface area contributed by atoms with Crippen molar-refractivity contribution in [3.05, 3.63) is 5.89 Å². The molecule has 3 N–H and O–H groups in total. The summed E-state index contributed by atoms with van der Waals surface area (Å²) < 4.78 is 5.37. The first-order valence-electron chi connectivity index (χ1n) is 5.32. The Labute approximate surface area is 90.4 Å². The van der Waals surface area contributed by atoms with Crippen LogP contribution in [-0.2, 0) is 0 Å². The van der Waals surface area contributed by atoms with Gasteiger partial charge < -0.3 is 15.5 Å². The quantitative estimate of drug-likeness (QED) is 0.781. The van der Waals surface area contributed by atoms with E-state index in [1.807, 2.05) is 6.92 Å². The highest BCUT2D eigenvalue weighted by Crippen LogP contribution is 2.19. The highest BCUT2D eigenvalue weighted by molar-refractivity contribution is 5.22. The number of hydrogen-bond acceptors (Lipinski definition) is 5. The van der Waals surface area contributed by atoms with Gasteiger partial charge >= 0.3 is 6.01 Å². The summed E-state index contributed by atoms with van der Waals surface area (Å²) in [6.45, 7) is 8.16. The van der Waals surface area contributed by atoms with Crippen molar-refractivity contribution in [3.63, 3.8) is 0 Å². The molecular formula is C10H20N4O. The van der Waals surface area contributed by atoms with Crippen LogP contribution in [0, 0.1) is 0 Å². The zero-order chi connectivity index (χ0) is 11.5. The van der Waals surface area contributed by atoms with Crippen LogP contribution in [0.4, 0.5) is 6.01 Å². The Morgan fingerprint density at radius 2 is 2.13 bits per heavy atom. The molecule has 1 aromatic rings. The number of hydrogen-bond donors (Lipinski definition) is 2. The van der Waals surface area contributed by atoms with E-state index >= 15 is 0 Å². The lowest BCUT2D eigenvalue weighted by Crippen LogP contribution is -2.30. The molecule has 0 bridgehead atoms. The van der Waals surface area contributed by atoms with Crippen LogP contribution in [0.3, 0.4) is 0 Å². The molecule has 1 rings (SSSR count). The van der Waals surface area contributed by atoms with Gasteiger partial charge in [0, 0.05) is 5.54 Å². The normalized spacial score (nSPS) is 13.9. The van der Waals surface area contributed by atoms with Gasteiger partial charge in [-0.1, -0.05) is 18.4 Å². The van der Waals surface area contributed by atoms with Gasteiger partial charge in [-0.15, -0.1) is 5.10 Å². The maximum atomic E-state index is 5.63. The Hall–Kier alpha value is -1.10. The predicted octanol–water partition coefficient (Wildman–Crippen LogP) is 2.08. The maximum Gasteiger partial charge on any atom is 0.315 e. The van der Waals surface area contributed by atoms with E-state index in [-0.39, 0.29) is 11.6 Å². The zero-order valence-corrected chi connectivity index (χ0v) is 9.87. The minimum Gasteiger partial charge on any atom is -0.406 e. The lowest BCUT2D eigenvalue weighted by atomic mass is 9.99. The fourth-order valence-electron chi connectivity index (χ4n) is 1.45. The van der Waals surface area contributed by atoms with Gasteiger partial charge in [0.25, 0.3) is 0 Å². The molecule has 86 valence electrons. The van der Waals surface area contributed by atoms with Gasteiger partial charge in [-0.25, -0.2) is 0 Å². The van der Waals surface area contributed by atoms with E-state index in [9.17, 15) is 0 Å². The van der Waals surface area contributed by atoms with E-state index < -0.39 is 0 Å². The van der Waals surface area contributed by atoms with Crippen LogP contribution in [0.1, 0.15) is 52.5 Å². The second kappa shape index (κ2) is 4.61. The van der Waals surface area contributed by atoms with Crippen molar-refractivity contribution in [1.82, 2.24) is 10.2 Å². The Bertz CT molecular complexity index is 306. The molecular weight excluding hydrogens is 192 g/mol. The molecule has 0 fully saturated rings. The standard InChI is InChI=1S/C10H20N4O/c1-5-6-10(3,4)12-9-14-13-8(15-9)7(2)11/h7H,5-6,11H2,1-4H3,(H,12,14). The Balaban J connectivity index is 2.64. The molecule has 1 aromatic heterocycles. The van der Waals surface area contributed by atoms with Crippen molar-refractivity contribution in [2.75, 3.05) is 5.32 Å². The van der Waals surface area contributed by atoms with E-state index in [1.54, 1.807) is 0 Å². The molecule has 0 amide bonds. The zero-order valence-electron chi connectivity index (χ0n) is 9.87. The van der Waals surface area contributed by atoms with Gasteiger partial charge in [0.1, 0.15) is 0 Å². The number of aromatic nitrogens is 2. The second-order valence-corrected chi connectivity index (χ2v) is 4.49. The average Bonchev–Trinajstić information content (AvgIpc) is 2.51. The first-order chi connectivity index (χ1) is 6.94. The monoisotopic (exact) mass is 212 g/mol. The predicted molar refractivity (Wildman–Crippen MR) is 59.5 cm³/mol. The molecule has 0 saturated carbocycles. The van der Waals surface area contributed by atoms with Gasteiger partial charge in [0.15, 0.2) is 0 Å². The summed E-state index contributed by atoms with van der Waals surface area (Å²) in [5, 5.41) is 11.0. The summed E-state index contributed by atoms with van der Waals surface area (Å²) >= 11 is 0. The third-order valence-corrected chi connectivity index (χ3v) is 2.15. The van der Waals surface area contributed by atoms with E-state index in [1.165, 1.54) is 0 Å². The number of rotatable bonds is 5. The largest absolute Gasteiger partial charge is 0.406 e. The van der Waals surface area contributed by atoms with E-state index in [2.05, 4.69) is 36.3 Å². The number of nitrogens with one attached hydrogen (secondary N) is 1. The van der Waals surface area contributed by atoms with Gasteiger partial charge in [0.2, 0.25) is 5.89 Å². The van der Waals surface area contributed by atoms with E-state index in [0.29, 0.717) is 11.9 Å². The van der Waals surface area contributed by atoms with Crippen molar-refractivity contribution < 1.29 is 4.42 Å². The second-order valence-electron chi connectivity index (χ2n) is 4.49. The number of nitrogens with two attached hydrogens (primary N) is 1.